The van der Waals surface area contributed by atoms with E-state index in [2.05, 4.69) is 4.72 Å². The molecule has 112 valence electrons. The molecule has 0 aliphatic heterocycles. The van der Waals surface area contributed by atoms with Gasteiger partial charge in [0.2, 0.25) is 10.0 Å². The van der Waals surface area contributed by atoms with Gasteiger partial charge in [-0.2, -0.15) is 0 Å². The zero-order chi connectivity index (χ0) is 14.8. The van der Waals surface area contributed by atoms with Crippen molar-refractivity contribution in [1.29, 1.82) is 0 Å². The molecular weight excluding hydrogens is 279 g/mol. The Morgan fingerprint density at radius 1 is 1.30 bits per heavy atom. The molecule has 0 saturated heterocycles. The number of hydrogen-bond acceptors (Lipinski definition) is 3. The maximum atomic E-state index is 13.2. The summed E-state index contributed by atoms with van der Waals surface area (Å²) in [5.41, 5.74) is 7.34. The number of hydrogen-bond donors (Lipinski definition) is 2. The maximum absolute atomic E-state index is 13.2. The van der Waals surface area contributed by atoms with Gasteiger partial charge in [-0.15, -0.1) is 0 Å². The van der Waals surface area contributed by atoms with Crippen LogP contribution in [-0.4, -0.2) is 20.7 Å². The van der Waals surface area contributed by atoms with Gasteiger partial charge in [-0.1, -0.05) is 0 Å². The predicted molar refractivity (Wildman–Crippen MR) is 78.2 cm³/mol. The van der Waals surface area contributed by atoms with Gasteiger partial charge in [0.1, 0.15) is 5.82 Å². The van der Waals surface area contributed by atoms with Gasteiger partial charge in [0.15, 0.2) is 0 Å². The first-order valence-electron chi connectivity index (χ1n) is 6.84. The van der Waals surface area contributed by atoms with E-state index in [-0.39, 0.29) is 11.9 Å². The Labute approximate surface area is 119 Å². The zero-order valence-electron chi connectivity index (χ0n) is 11.6. The van der Waals surface area contributed by atoms with Crippen molar-refractivity contribution < 1.29 is 12.8 Å². The Morgan fingerprint density at radius 3 is 2.55 bits per heavy atom. The molecule has 2 rings (SSSR count). The Morgan fingerprint density at radius 2 is 1.95 bits per heavy atom. The van der Waals surface area contributed by atoms with Crippen LogP contribution in [0.25, 0.3) is 0 Å². The number of nitrogen functional groups attached to an aromatic ring is 1. The summed E-state index contributed by atoms with van der Waals surface area (Å²) in [7, 11) is -3.13. The minimum Gasteiger partial charge on any atom is -0.399 e. The molecule has 0 radical (unpaired) electrons. The van der Waals surface area contributed by atoms with Gasteiger partial charge in [-0.25, -0.2) is 17.5 Å². The molecule has 3 N–H and O–H groups in total. The number of anilines is 1. The summed E-state index contributed by atoms with van der Waals surface area (Å²) >= 11 is 0. The second-order valence-electron chi connectivity index (χ2n) is 5.65. The van der Waals surface area contributed by atoms with Crippen LogP contribution in [0.3, 0.4) is 0 Å². The minimum absolute atomic E-state index is 0.0334. The average Bonchev–Trinajstić information content (AvgIpc) is 2.34. The SMILES string of the molecule is CS(=O)(=O)NC1CCC(Cc2cc(F)ccc2N)CC1. The second kappa shape index (κ2) is 6.10. The molecule has 1 aromatic carbocycles. The molecule has 20 heavy (non-hydrogen) atoms. The van der Waals surface area contributed by atoms with E-state index in [0.29, 0.717) is 11.6 Å². The van der Waals surface area contributed by atoms with Crippen molar-refractivity contribution in [2.24, 2.45) is 5.92 Å². The highest BCUT2D eigenvalue weighted by Crippen LogP contribution is 2.29. The van der Waals surface area contributed by atoms with Crippen LogP contribution in [0.4, 0.5) is 10.1 Å². The van der Waals surface area contributed by atoms with Gasteiger partial charge < -0.3 is 5.73 Å². The number of benzene rings is 1. The fourth-order valence-electron chi connectivity index (χ4n) is 2.85. The highest BCUT2D eigenvalue weighted by atomic mass is 32.2. The third kappa shape index (κ3) is 4.45. The quantitative estimate of drug-likeness (QED) is 0.836. The first kappa shape index (κ1) is 15.3. The Balaban J connectivity index is 1.90. The van der Waals surface area contributed by atoms with E-state index >= 15 is 0 Å². The zero-order valence-corrected chi connectivity index (χ0v) is 12.4. The lowest BCUT2D eigenvalue weighted by Crippen LogP contribution is -2.37. The average molecular weight is 300 g/mol. The fourth-order valence-corrected chi connectivity index (χ4v) is 3.69. The Hall–Kier alpha value is -1.14. The van der Waals surface area contributed by atoms with Crippen molar-refractivity contribution in [3.63, 3.8) is 0 Å². The van der Waals surface area contributed by atoms with E-state index in [1.165, 1.54) is 18.4 Å². The molecule has 0 heterocycles. The Bertz CT molecular complexity index is 567. The van der Waals surface area contributed by atoms with Crippen LogP contribution in [0, 0.1) is 11.7 Å². The van der Waals surface area contributed by atoms with Gasteiger partial charge in [-0.05, 0) is 61.8 Å². The monoisotopic (exact) mass is 300 g/mol. The number of rotatable bonds is 4. The second-order valence-corrected chi connectivity index (χ2v) is 7.43. The fraction of sp³-hybridized carbons (Fsp3) is 0.571. The number of nitrogens with two attached hydrogens (primary N) is 1. The largest absolute Gasteiger partial charge is 0.399 e. The lowest BCUT2D eigenvalue weighted by Gasteiger charge is -2.28. The van der Waals surface area contributed by atoms with E-state index in [1.54, 1.807) is 6.07 Å². The molecule has 1 saturated carbocycles. The summed E-state index contributed by atoms with van der Waals surface area (Å²) in [6.07, 6.45) is 5.47. The standard InChI is InChI=1S/C14H21FN2O2S/c1-20(18,19)17-13-5-2-10(3-6-13)8-11-9-12(15)4-7-14(11)16/h4,7,9-10,13,17H,2-3,5-6,8,16H2,1H3. The van der Waals surface area contributed by atoms with Crippen molar-refractivity contribution in [2.75, 3.05) is 12.0 Å². The maximum Gasteiger partial charge on any atom is 0.208 e. The van der Waals surface area contributed by atoms with Gasteiger partial charge in [0, 0.05) is 11.7 Å². The molecule has 1 fully saturated rings. The van der Waals surface area contributed by atoms with Crippen LogP contribution >= 0.6 is 0 Å². The summed E-state index contributed by atoms with van der Waals surface area (Å²) in [5.74, 6) is 0.179. The number of halogens is 1. The van der Waals surface area contributed by atoms with Gasteiger partial charge in [-0.3, -0.25) is 0 Å². The van der Waals surface area contributed by atoms with Crippen LogP contribution < -0.4 is 10.5 Å². The normalized spacial score (nSPS) is 23.7. The third-order valence-electron chi connectivity index (χ3n) is 3.84. The molecule has 1 aromatic rings. The smallest absolute Gasteiger partial charge is 0.208 e. The molecule has 0 atom stereocenters. The van der Waals surface area contributed by atoms with Crippen molar-refractivity contribution in [2.45, 2.75) is 38.1 Å². The van der Waals surface area contributed by atoms with Crippen LogP contribution in [-0.2, 0) is 16.4 Å². The Kier molecular flexibility index (Phi) is 4.65. The van der Waals surface area contributed by atoms with Crippen LogP contribution in [0.15, 0.2) is 18.2 Å². The lowest BCUT2D eigenvalue weighted by atomic mass is 9.82. The molecule has 1 aliphatic carbocycles. The van der Waals surface area contributed by atoms with E-state index in [1.807, 2.05) is 0 Å². The summed E-state index contributed by atoms with van der Waals surface area (Å²) in [6.45, 7) is 0. The molecule has 0 spiro atoms. The lowest BCUT2D eigenvalue weighted by molar-refractivity contribution is 0.312. The van der Waals surface area contributed by atoms with Crippen LogP contribution in [0.2, 0.25) is 0 Å². The van der Waals surface area contributed by atoms with E-state index in [4.69, 9.17) is 5.73 Å². The molecular formula is C14H21FN2O2S. The highest BCUT2D eigenvalue weighted by Gasteiger charge is 2.23. The summed E-state index contributed by atoms with van der Waals surface area (Å²) in [5, 5.41) is 0. The van der Waals surface area contributed by atoms with E-state index in [0.717, 1.165) is 37.7 Å². The van der Waals surface area contributed by atoms with E-state index in [9.17, 15) is 12.8 Å². The number of sulfonamides is 1. The molecule has 4 nitrogen and oxygen atoms in total. The predicted octanol–water partition coefficient (Wildman–Crippen LogP) is 2.06. The highest BCUT2D eigenvalue weighted by molar-refractivity contribution is 7.88. The van der Waals surface area contributed by atoms with Gasteiger partial charge in [0.05, 0.1) is 6.26 Å². The topological polar surface area (TPSA) is 72.2 Å². The van der Waals surface area contributed by atoms with Crippen molar-refractivity contribution >= 4 is 15.7 Å². The first-order valence-corrected chi connectivity index (χ1v) is 8.74. The van der Waals surface area contributed by atoms with Crippen molar-refractivity contribution in [3.8, 4) is 0 Å². The molecule has 1 aliphatic rings. The van der Waals surface area contributed by atoms with Crippen molar-refractivity contribution in [1.82, 2.24) is 4.72 Å². The van der Waals surface area contributed by atoms with Crippen LogP contribution in [0.5, 0.6) is 0 Å². The molecule has 0 bridgehead atoms. The third-order valence-corrected chi connectivity index (χ3v) is 4.60. The van der Waals surface area contributed by atoms with Gasteiger partial charge in [0.25, 0.3) is 0 Å². The summed E-state index contributed by atoms with van der Waals surface area (Å²) in [6, 6.07) is 4.50. The molecule has 0 aromatic heterocycles. The first-order chi connectivity index (χ1) is 9.33. The number of nitrogens with one attached hydrogen (secondary N) is 1. The minimum atomic E-state index is -3.13. The summed E-state index contributed by atoms with van der Waals surface area (Å²) in [4.78, 5) is 0. The molecule has 0 amide bonds. The molecule has 6 heteroatoms. The van der Waals surface area contributed by atoms with Crippen molar-refractivity contribution in [3.05, 3.63) is 29.6 Å². The molecule has 0 unspecified atom stereocenters. The van der Waals surface area contributed by atoms with Crippen LogP contribution in [0.1, 0.15) is 31.2 Å². The summed E-state index contributed by atoms with van der Waals surface area (Å²) < 4.78 is 38.2. The van der Waals surface area contributed by atoms with Gasteiger partial charge >= 0.3 is 0 Å². The van der Waals surface area contributed by atoms with E-state index < -0.39 is 10.0 Å².